The van der Waals surface area contributed by atoms with Crippen LogP contribution in [0.5, 0.6) is 0 Å². The highest BCUT2D eigenvalue weighted by atomic mass is 15.2. The van der Waals surface area contributed by atoms with Gasteiger partial charge in [-0.1, -0.05) is 13.8 Å². The topological polar surface area (TPSA) is 41.0 Å². The molecule has 1 aromatic heterocycles. The Labute approximate surface area is 97.1 Å². The molecular formula is C12H20N4. The second-order valence-electron chi connectivity index (χ2n) is 4.65. The van der Waals surface area contributed by atoms with Gasteiger partial charge in [0.05, 0.1) is 0 Å². The number of hydrogen-bond donors (Lipinski definition) is 1. The van der Waals surface area contributed by atoms with Crippen LogP contribution in [0.4, 0.5) is 11.6 Å². The molecule has 0 radical (unpaired) electrons. The standard InChI is InChI=1S/C12H20N4/c1-4-13-11-5-12(15-8-14-11)16-6-9(2)10(3)7-16/h5,8-10H,4,6-7H2,1-3H3,(H,13,14,15). The highest BCUT2D eigenvalue weighted by molar-refractivity contribution is 5.49. The molecule has 16 heavy (non-hydrogen) atoms. The Hall–Kier alpha value is -1.32. The highest BCUT2D eigenvalue weighted by Gasteiger charge is 2.26. The lowest BCUT2D eigenvalue weighted by Crippen LogP contribution is -2.21. The van der Waals surface area contributed by atoms with Crippen molar-refractivity contribution in [2.45, 2.75) is 20.8 Å². The van der Waals surface area contributed by atoms with Crippen molar-refractivity contribution in [3.05, 3.63) is 12.4 Å². The van der Waals surface area contributed by atoms with Crippen LogP contribution >= 0.6 is 0 Å². The molecule has 1 aliphatic heterocycles. The van der Waals surface area contributed by atoms with Crippen molar-refractivity contribution < 1.29 is 0 Å². The average Bonchev–Trinajstić information content (AvgIpc) is 2.60. The molecule has 4 heteroatoms. The summed E-state index contributed by atoms with van der Waals surface area (Å²) < 4.78 is 0. The Kier molecular flexibility index (Phi) is 3.27. The van der Waals surface area contributed by atoms with Gasteiger partial charge in [-0.05, 0) is 18.8 Å². The van der Waals surface area contributed by atoms with Gasteiger partial charge in [0, 0.05) is 25.7 Å². The minimum atomic E-state index is 0.748. The van der Waals surface area contributed by atoms with Gasteiger partial charge in [0.1, 0.15) is 18.0 Å². The maximum absolute atomic E-state index is 4.35. The molecule has 1 N–H and O–H groups in total. The molecule has 4 nitrogen and oxygen atoms in total. The summed E-state index contributed by atoms with van der Waals surface area (Å²) in [7, 11) is 0. The first-order chi connectivity index (χ1) is 7.70. The van der Waals surface area contributed by atoms with Crippen LogP contribution in [0.2, 0.25) is 0 Å². The SMILES string of the molecule is CCNc1cc(N2CC(C)C(C)C2)ncn1. The van der Waals surface area contributed by atoms with Crippen LogP contribution in [-0.4, -0.2) is 29.6 Å². The molecule has 1 aliphatic rings. The third kappa shape index (κ3) is 2.26. The summed E-state index contributed by atoms with van der Waals surface area (Å²) in [5.74, 6) is 3.46. The van der Waals surface area contributed by atoms with Crippen molar-refractivity contribution in [2.24, 2.45) is 11.8 Å². The van der Waals surface area contributed by atoms with Gasteiger partial charge in [-0.25, -0.2) is 9.97 Å². The summed E-state index contributed by atoms with van der Waals surface area (Å²) in [6.07, 6.45) is 1.64. The summed E-state index contributed by atoms with van der Waals surface area (Å²) in [5, 5.41) is 3.22. The Morgan fingerprint density at radius 2 is 2.00 bits per heavy atom. The van der Waals surface area contributed by atoms with Gasteiger partial charge in [-0.3, -0.25) is 0 Å². The van der Waals surface area contributed by atoms with Crippen LogP contribution in [0.15, 0.2) is 12.4 Å². The zero-order valence-electron chi connectivity index (χ0n) is 10.3. The molecule has 0 bridgehead atoms. The van der Waals surface area contributed by atoms with E-state index in [4.69, 9.17) is 0 Å². The largest absolute Gasteiger partial charge is 0.370 e. The quantitative estimate of drug-likeness (QED) is 0.846. The maximum Gasteiger partial charge on any atom is 0.134 e. The number of hydrogen-bond acceptors (Lipinski definition) is 4. The Bertz CT molecular complexity index is 343. The Morgan fingerprint density at radius 3 is 2.62 bits per heavy atom. The van der Waals surface area contributed by atoms with E-state index in [1.807, 2.05) is 6.07 Å². The van der Waals surface area contributed by atoms with E-state index in [2.05, 4.69) is 41.0 Å². The second kappa shape index (κ2) is 4.68. The molecule has 1 saturated heterocycles. The van der Waals surface area contributed by atoms with E-state index in [0.717, 1.165) is 43.1 Å². The summed E-state index contributed by atoms with van der Waals surface area (Å²) in [6.45, 7) is 9.77. The molecule has 0 saturated carbocycles. The van der Waals surface area contributed by atoms with Crippen molar-refractivity contribution >= 4 is 11.6 Å². The molecule has 0 aromatic carbocycles. The third-order valence-corrected chi connectivity index (χ3v) is 3.32. The summed E-state index contributed by atoms with van der Waals surface area (Å²) in [6, 6.07) is 2.04. The first-order valence-corrected chi connectivity index (χ1v) is 6.01. The molecule has 88 valence electrons. The monoisotopic (exact) mass is 220 g/mol. The maximum atomic E-state index is 4.35. The molecule has 2 rings (SSSR count). The van der Waals surface area contributed by atoms with Crippen molar-refractivity contribution in [1.82, 2.24) is 9.97 Å². The fourth-order valence-electron chi connectivity index (χ4n) is 2.11. The molecule has 0 aliphatic carbocycles. The van der Waals surface area contributed by atoms with Crippen LogP contribution < -0.4 is 10.2 Å². The van der Waals surface area contributed by atoms with Gasteiger partial charge < -0.3 is 10.2 Å². The van der Waals surface area contributed by atoms with Gasteiger partial charge in [0.15, 0.2) is 0 Å². The lowest BCUT2D eigenvalue weighted by atomic mass is 10.0. The fraction of sp³-hybridized carbons (Fsp3) is 0.667. The van der Waals surface area contributed by atoms with Crippen LogP contribution in [0.1, 0.15) is 20.8 Å². The first kappa shape index (κ1) is 11.2. The number of nitrogens with zero attached hydrogens (tertiary/aromatic N) is 3. The lowest BCUT2D eigenvalue weighted by molar-refractivity contribution is 0.494. The lowest BCUT2D eigenvalue weighted by Gasteiger charge is -2.17. The van der Waals surface area contributed by atoms with Gasteiger partial charge in [-0.2, -0.15) is 0 Å². The molecule has 2 unspecified atom stereocenters. The smallest absolute Gasteiger partial charge is 0.134 e. The zero-order chi connectivity index (χ0) is 11.5. The van der Waals surface area contributed by atoms with E-state index >= 15 is 0 Å². The summed E-state index contributed by atoms with van der Waals surface area (Å²) in [4.78, 5) is 10.9. The van der Waals surface area contributed by atoms with Crippen molar-refractivity contribution in [2.75, 3.05) is 29.9 Å². The first-order valence-electron chi connectivity index (χ1n) is 6.01. The molecular weight excluding hydrogens is 200 g/mol. The van der Waals surface area contributed by atoms with E-state index in [-0.39, 0.29) is 0 Å². The normalized spacial score (nSPS) is 24.8. The minimum Gasteiger partial charge on any atom is -0.370 e. The van der Waals surface area contributed by atoms with Crippen molar-refractivity contribution in [3.63, 3.8) is 0 Å². The average molecular weight is 220 g/mol. The van der Waals surface area contributed by atoms with Gasteiger partial charge in [0.2, 0.25) is 0 Å². The van der Waals surface area contributed by atoms with Gasteiger partial charge in [0.25, 0.3) is 0 Å². The predicted octanol–water partition coefficient (Wildman–Crippen LogP) is 2.00. The zero-order valence-corrected chi connectivity index (χ0v) is 10.3. The number of rotatable bonds is 3. The third-order valence-electron chi connectivity index (χ3n) is 3.32. The van der Waals surface area contributed by atoms with E-state index in [9.17, 15) is 0 Å². The second-order valence-corrected chi connectivity index (χ2v) is 4.65. The van der Waals surface area contributed by atoms with E-state index < -0.39 is 0 Å². The predicted molar refractivity (Wildman–Crippen MR) is 66.7 cm³/mol. The number of anilines is 2. The molecule has 1 aromatic rings. The Balaban J connectivity index is 2.12. The summed E-state index contributed by atoms with van der Waals surface area (Å²) in [5.41, 5.74) is 0. The Morgan fingerprint density at radius 1 is 1.31 bits per heavy atom. The summed E-state index contributed by atoms with van der Waals surface area (Å²) >= 11 is 0. The van der Waals surface area contributed by atoms with E-state index in [1.54, 1.807) is 6.33 Å². The molecule has 0 amide bonds. The number of aromatic nitrogens is 2. The molecule has 0 spiro atoms. The fourth-order valence-corrected chi connectivity index (χ4v) is 2.11. The van der Waals surface area contributed by atoms with Crippen LogP contribution in [0.3, 0.4) is 0 Å². The van der Waals surface area contributed by atoms with Crippen LogP contribution in [-0.2, 0) is 0 Å². The van der Waals surface area contributed by atoms with Crippen LogP contribution in [0, 0.1) is 11.8 Å². The van der Waals surface area contributed by atoms with Gasteiger partial charge in [-0.15, -0.1) is 0 Å². The minimum absolute atomic E-state index is 0.748. The van der Waals surface area contributed by atoms with E-state index in [0.29, 0.717) is 0 Å². The van der Waals surface area contributed by atoms with Crippen LogP contribution in [0.25, 0.3) is 0 Å². The number of nitrogens with one attached hydrogen (secondary N) is 1. The highest BCUT2D eigenvalue weighted by Crippen LogP contribution is 2.26. The van der Waals surface area contributed by atoms with Crippen molar-refractivity contribution in [1.29, 1.82) is 0 Å². The van der Waals surface area contributed by atoms with E-state index in [1.165, 1.54) is 0 Å². The van der Waals surface area contributed by atoms with Gasteiger partial charge >= 0.3 is 0 Å². The molecule has 2 atom stereocenters. The molecule has 2 heterocycles. The van der Waals surface area contributed by atoms with Crippen molar-refractivity contribution in [3.8, 4) is 0 Å². The molecule has 1 fully saturated rings.